The number of aryl methyl sites for hydroxylation is 5. The molecule has 1 unspecified atom stereocenters. The summed E-state index contributed by atoms with van der Waals surface area (Å²) >= 11 is 0. The molecule has 0 amide bonds. The Balaban J connectivity index is 0.00000147. The number of rotatable bonds is 10. The lowest BCUT2D eigenvalue weighted by Gasteiger charge is -2.17. The van der Waals surface area contributed by atoms with E-state index >= 15 is 0 Å². The number of hydrogen-bond acceptors (Lipinski definition) is 5. The zero-order chi connectivity index (χ0) is 30.0. The minimum Gasteiger partial charge on any atom is -0.369 e. The molecule has 0 spiro atoms. The van der Waals surface area contributed by atoms with Crippen LogP contribution in [0, 0.1) is 6.92 Å². The van der Waals surface area contributed by atoms with Gasteiger partial charge in [-0.3, -0.25) is 5.10 Å². The van der Waals surface area contributed by atoms with Gasteiger partial charge in [-0.2, -0.15) is 18.3 Å². The van der Waals surface area contributed by atoms with Crippen molar-refractivity contribution in [3.05, 3.63) is 99.9 Å². The largest absolute Gasteiger partial charge is 0.416 e. The molecule has 0 aliphatic rings. The first-order valence-corrected chi connectivity index (χ1v) is 14.1. The summed E-state index contributed by atoms with van der Waals surface area (Å²) in [6.45, 7) is 10.5. The molecule has 0 fully saturated rings. The van der Waals surface area contributed by atoms with E-state index in [9.17, 15) is 18.3 Å². The molecule has 6 nitrogen and oxygen atoms in total. The van der Waals surface area contributed by atoms with E-state index in [2.05, 4.69) is 59.6 Å². The van der Waals surface area contributed by atoms with Crippen molar-refractivity contribution in [1.82, 2.24) is 15.2 Å². The Bertz CT molecular complexity index is 1400. The maximum Gasteiger partial charge on any atom is 0.416 e. The van der Waals surface area contributed by atoms with E-state index < -0.39 is 18.0 Å². The molecule has 9 heteroatoms. The molecule has 0 bridgehead atoms. The number of aromatic amines is 1. The van der Waals surface area contributed by atoms with Crippen molar-refractivity contribution in [2.75, 3.05) is 10.6 Å². The Morgan fingerprint density at radius 1 is 0.878 bits per heavy atom. The van der Waals surface area contributed by atoms with Crippen LogP contribution in [0.3, 0.4) is 0 Å². The molecule has 0 radical (unpaired) electrons. The highest BCUT2D eigenvalue weighted by Crippen LogP contribution is 2.31. The average Bonchev–Trinajstić information content (AvgIpc) is 3.40. The summed E-state index contributed by atoms with van der Waals surface area (Å²) in [7, 11) is 0. The molecule has 220 valence electrons. The summed E-state index contributed by atoms with van der Waals surface area (Å²) in [5.74, 6) is 1.45. The van der Waals surface area contributed by atoms with Crippen LogP contribution in [0.1, 0.15) is 79.4 Å². The van der Waals surface area contributed by atoms with Crippen LogP contribution in [0.25, 0.3) is 0 Å². The second-order valence-electron chi connectivity index (χ2n) is 9.97. The third-order valence-corrected chi connectivity index (χ3v) is 6.58. The number of nitrogens with zero attached hydrogens (tertiary/aromatic N) is 2. The first-order chi connectivity index (χ1) is 19.6. The summed E-state index contributed by atoms with van der Waals surface area (Å²) in [5.41, 5.74) is 5.57. The van der Waals surface area contributed by atoms with Gasteiger partial charge in [0.05, 0.1) is 5.56 Å². The number of benzene rings is 2. The maximum absolute atomic E-state index is 13.0. The van der Waals surface area contributed by atoms with Crippen LogP contribution < -0.4 is 10.6 Å². The second kappa shape index (κ2) is 14.7. The summed E-state index contributed by atoms with van der Waals surface area (Å²) in [6.07, 6.45) is 0.720. The van der Waals surface area contributed by atoms with E-state index in [-0.39, 0.29) is 5.56 Å². The quantitative estimate of drug-likeness (QED) is 0.145. The van der Waals surface area contributed by atoms with Gasteiger partial charge in [-0.25, -0.2) is 4.98 Å². The highest BCUT2D eigenvalue weighted by atomic mass is 19.4. The molecule has 4 rings (SSSR count). The average molecular weight is 568 g/mol. The van der Waals surface area contributed by atoms with Gasteiger partial charge in [0.15, 0.2) is 12.0 Å². The Morgan fingerprint density at radius 3 is 2.29 bits per heavy atom. The predicted octanol–water partition coefficient (Wildman–Crippen LogP) is 8.30. The Morgan fingerprint density at radius 2 is 1.61 bits per heavy atom. The molecule has 0 aliphatic heterocycles. The number of H-pyrrole nitrogens is 1. The van der Waals surface area contributed by atoms with E-state index in [0.717, 1.165) is 47.6 Å². The van der Waals surface area contributed by atoms with Crippen LogP contribution in [0.4, 0.5) is 30.5 Å². The van der Waals surface area contributed by atoms with Crippen LogP contribution in [0.2, 0.25) is 0 Å². The van der Waals surface area contributed by atoms with Crippen molar-refractivity contribution >= 4 is 17.3 Å². The van der Waals surface area contributed by atoms with E-state index in [1.165, 1.54) is 29.7 Å². The monoisotopic (exact) mass is 567 g/mol. The number of aliphatic hydroxyl groups is 1. The highest BCUT2D eigenvalue weighted by molar-refractivity contribution is 5.54. The van der Waals surface area contributed by atoms with E-state index in [4.69, 9.17) is 0 Å². The van der Waals surface area contributed by atoms with Gasteiger partial charge in [-0.15, -0.1) is 0 Å². The van der Waals surface area contributed by atoms with Gasteiger partial charge in [-0.05, 0) is 85.2 Å². The summed E-state index contributed by atoms with van der Waals surface area (Å²) in [4.78, 5) is 4.49. The first-order valence-electron chi connectivity index (χ1n) is 14.1. The van der Waals surface area contributed by atoms with Crippen LogP contribution in [-0.4, -0.2) is 20.3 Å². The van der Waals surface area contributed by atoms with Crippen LogP contribution in [0.15, 0.2) is 60.8 Å². The lowest BCUT2D eigenvalue weighted by Crippen LogP contribution is -2.12. The SMILES string of the molecule is CCC.CCc1cnc(Nc2cc(CCc3cc(NC(O)c4cccc(C(F)(F)F)c4)ccc3C)[nH]n2)cc1CC. The number of alkyl halides is 3. The van der Waals surface area contributed by atoms with Gasteiger partial charge in [-0.1, -0.05) is 52.3 Å². The molecule has 2 aromatic heterocycles. The number of halogens is 3. The predicted molar refractivity (Wildman–Crippen MR) is 159 cm³/mol. The number of pyridine rings is 1. The smallest absolute Gasteiger partial charge is 0.369 e. The minimum absolute atomic E-state index is 0.143. The van der Waals surface area contributed by atoms with Crippen molar-refractivity contribution in [2.24, 2.45) is 0 Å². The molecule has 4 N–H and O–H groups in total. The van der Waals surface area contributed by atoms with Gasteiger partial charge in [0.1, 0.15) is 5.82 Å². The molecule has 2 heterocycles. The third kappa shape index (κ3) is 9.08. The van der Waals surface area contributed by atoms with Crippen LogP contribution in [-0.2, 0) is 31.9 Å². The van der Waals surface area contributed by atoms with Crippen molar-refractivity contribution in [3.63, 3.8) is 0 Å². The maximum atomic E-state index is 13.0. The molecule has 2 aromatic carbocycles. The minimum atomic E-state index is -4.47. The van der Waals surface area contributed by atoms with Gasteiger partial charge < -0.3 is 15.7 Å². The number of anilines is 3. The standard InChI is InChI=1S/C29H32F3N5O.C3H8/c1-4-19-15-26(33-17-20(19)5-2)35-27-16-25(36-37-27)12-10-21-14-24(11-9-18(21)3)34-28(38)22-7-6-8-23(13-22)29(30,31)32;1-3-2/h6-9,11,13-17,28,34,38H,4-5,10,12H2,1-3H3,(H2,33,35,36,37);3H2,1-2H3. The lowest BCUT2D eigenvalue weighted by atomic mass is 10.0. The van der Waals surface area contributed by atoms with E-state index in [0.29, 0.717) is 24.3 Å². The van der Waals surface area contributed by atoms with Gasteiger partial charge >= 0.3 is 6.18 Å². The van der Waals surface area contributed by atoms with Crippen LogP contribution in [0.5, 0.6) is 0 Å². The number of hydrogen-bond donors (Lipinski definition) is 4. The summed E-state index contributed by atoms with van der Waals surface area (Å²) < 4.78 is 39.1. The summed E-state index contributed by atoms with van der Waals surface area (Å²) in [5, 5.41) is 24.1. The molecule has 0 aliphatic carbocycles. The molecular formula is C32H40F3N5O. The van der Waals surface area contributed by atoms with Gasteiger partial charge in [0.2, 0.25) is 0 Å². The number of aliphatic hydroxyl groups excluding tert-OH is 1. The third-order valence-electron chi connectivity index (χ3n) is 6.58. The van der Waals surface area contributed by atoms with Crippen molar-refractivity contribution in [3.8, 4) is 0 Å². The van der Waals surface area contributed by atoms with E-state index in [1.54, 1.807) is 6.07 Å². The molecule has 4 aromatic rings. The zero-order valence-corrected chi connectivity index (χ0v) is 24.4. The van der Waals surface area contributed by atoms with Crippen LogP contribution >= 0.6 is 0 Å². The highest BCUT2D eigenvalue weighted by Gasteiger charge is 2.30. The van der Waals surface area contributed by atoms with Gasteiger partial charge in [0, 0.05) is 29.2 Å². The first kappa shape index (κ1) is 31.7. The Kier molecular flexibility index (Phi) is 11.3. The van der Waals surface area contributed by atoms with E-state index in [1.807, 2.05) is 31.3 Å². The summed E-state index contributed by atoms with van der Waals surface area (Å²) in [6, 6.07) is 14.3. The topological polar surface area (TPSA) is 85.9 Å². The fourth-order valence-corrected chi connectivity index (χ4v) is 4.35. The molecule has 41 heavy (non-hydrogen) atoms. The number of nitrogens with one attached hydrogen (secondary N) is 3. The number of aromatic nitrogens is 3. The fraction of sp³-hybridized carbons (Fsp3) is 0.375. The molecule has 0 saturated heterocycles. The zero-order valence-electron chi connectivity index (χ0n) is 24.4. The molecule has 0 saturated carbocycles. The lowest BCUT2D eigenvalue weighted by molar-refractivity contribution is -0.137. The van der Waals surface area contributed by atoms with Crippen molar-refractivity contribution in [1.29, 1.82) is 0 Å². The second-order valence-corrected chi connectivity index (χ2v) is 9.97. The normalized spacial score (nSPS) is 11.9. The van der Waals surface area contributed by atoms with Crippen molar-refractivity contribution < 1.29 is 18.3 Å². The Hall–Kier alpha value is -3.85. The van der Waals surface area contributed by atoms with Crippen molar-refractivity contribution in [2.45, 2.75) is 79.1 Å². The molecular weight excluding hydrogens is 527 g/mol. The Labute approximate surface area is 240 Å². The fourth-order valence-electron chi connectivity index (χ4n) is 4.35. The van der Waals surface area contributed by atoms with Gasteiger partial charge in [0.25, 0.3) is 0 Å². The molecule has 1 atom stereocenters.